The number of primary amides is 1. The summed E-state index contributed by atoms with van der Waals surface area (Å²) in [7, 11) is 1.47. The number of para-hydroxylation sites is 1. The second-order valence-corrected chi connectivity index (χ2v) is 6.18. The van der Waals surface area contributed by atoms with Crippen LogP contribution in [0.1, 0.15) is 34.6 Å². The standard InChI is InChI=1S/C20H23N3O6/c1-12(2)29-16-9-8-13(10-17(16)27-3)20(26)23-22-18(24)11-28-15-7-5-4-6-14(15)19(21)25/h4-10,12H,11H2,1-3H3,(H2,21,25)(H,22,24)(H,23,26). The Labute approximate surface area is 168 Å². The second kappa shape index (κ2) is 9.98. The number of rotatable bonds is 8. The number of benzene rings is 2. The highest BCUT2D eigenvalue weighted by Gasteiger charge is 2.14. The van der Waals surface area contributed by atoms with E-state index in [0.717, 1.165) is 0 Å². The highest BCUT2D eigenvalue weighted by atomic mass is 16.5. The molecule has 9 heteroatoms. The molecule has 2 aromatic carbocycles. The fraction of sp³-hybridized carbons (Fsp3) is 0.250. The molecule has 0 spiro atoms. The Balaban J connectivity index is 1.92. The van der Waals surface area contributed by atoms with Gasteiger partial charge in [-0.05, 0) is 44.2 Å². The van der Waals surface area contributed by atoms with Crippen molar-refractivity contribution in [2.75, 3.05) is 13.7 Å². The van der Waals surface area contributed by atoms with Crippen LogP contribution in [-0.2, 0) is 4.79 Å². The van der Waals surface area contributed by atoms with E-state index < -0.39 is 24.3 Å². The maximum absolute atomic E-state index is 12.2. The predicted octanol–water partition coefficient (Wildman–Crippen LogP) is 1.42. The van der Waals surface area contributed by atoms with Crippen molar-refractivity contribution in [2.45, 2.75) is 20.0 Å². The van der Waals surface area contributed by atoms with Crippen molar-refractivity contribution < 1.29 is 28.6 Å². The molecule has 0 aliphatic heterocycles. The van der Waals surface area contributed by atoms with Gasteiger partial charge in [-0.15, -0.1) is 0 Å². The summed E-state index contributed by atoms with van der Waals surface area (Å²) < 4.78 is 16.1. The van der Waals surface area contributed by atoms with Crippen LogP contribution in [0, 0.1) is 0 Å². The number of hydrogen-bond donors (Lipinski definition) is 3. The number of nitrogens with one attached hydrogen (secondary N) is 2. The lowest BCUT2D eigenvalue weighted by molar-refractivity contribution is -0.123. The van der Waals surface area contributed by atoms with Gasteiger partial charge in [-0.1, -0.05) is 12.1 Å². The summed E-state index contributed by atoms with van der Waals surface area (Å²) in [5.74, 6) is -0.775. The number of carbonyl (C=O) groups is 3. The Morgan fingerprint density at radius 2 is 1.72 bits per heavy atom. The molecular formula is C20H23N3O6. The van der Waals surface area contributed by atoms with E-state index in [-0.39, 0.29) is 23.0 Å². The van der Waals surface area contributed by atoms with Crippen LogP contribution < -0.4 is 30.8 Å². The summed E-state index contributed by atoms with van der Waals surface area (Å²) in [5, 5.41) is 0. The van der Waals surface area contributed by atoms with Gasteiger partial charge in [0.1, 0.15) is 5.75 Å². The molecule has 4 N–H and O–H groups in total. The van der Waals surface area contributed by atoms with Gasteiger partial charge in [-0.2, -0.15) is 0 Å². The first-order valence-electron chi connectivity index (χ1n) is 8.77. The summed E-state index contributed by atoms with van der Waals surface area (Å²) in [6, 6.07) is 10.9. The molecule has 2 rings (SSSR count). The maximum Gasteiger partial charge on any atom is 0.276 e. The molecule has 29 heavy (non-hydrogen) atoms. The molecule has 3 amide bonds. The number of methoxy groups -OCH3 is 1. The summed E-state index contributed by atoms with van der Waals surface area (Å²) in [5.41, 5.74) is 10.2. The van der Waals surface area contributed by atoms with Crippen molar-refractivity contribution >= 4 is 17.7 Å². The van der Waals surface area contributed by atoms with E-state index in [0.29, 0.717) is 11.5 Å². The van der Waals surface area contributed by atoms with Gasteiger partial charge in [-0.3, -0.25) is 25.2 Å². The monoisotopic (exact) mass is 401 g/mol. The first kappa shape index (κ1) is 21.5. The topological polar surface area (TPSA) is 129 Å². The third kappa shape index (κ3) is 6.13. The summed E-state index contributed by atoms with van der Waals surface area (Å²) in [6.07, 6.45) is -0.0532. The van der Waals surface area contributed by atoms with E-state index >= 15 is 0 Å². The van der Waals surface area contributed by atoms with Crippen molar-refractivity contribution in [3.05, 3.63) is 53.6 Å². The Morgan fingerprint density at radius 3 is 2.38 bits per heavy atom. The quantitative estimate of drug-likeness (QED) is 0.574. The zero-order valence-corrected chi connectivity index (χ0v) is 16.4. The molecule has 0 saturated carbocycles. The van der Waals surface area contributed by atoms with Gasteiger partial charge in [0.05, 0.1) is 18.8 Å². The Morgan fingerprint density at radius 1 is 1.00 bits per heavy atom. The molecule has 0 aliphatic rings. The Bertz CT molecular complexity index is 898. The van der Waals surface area contributed by atoms with Gasteiger partial charge < -0.3 is 19.9 Å². The molecule has 9 nitrogen and oxygen atoms in total. The van der Waals surface area contributed by atoms with Gasteiger partial charge in [0, 0.05) is 5.56 Å². The van der Waals surface area contributed by atoms with E-state index in [1.807, 2.05) is 13.8 Å². The minimum Gasteiger partial charge on any atom is -0.493 e. The normalized spacial score (nSPS) is 10.2. The van der Waals surface area contributed by atoms with E-state index in [1.165, 1.54) is 25.3 Å². The largest absolute Gasteiger partial charge is 0.493 e. The molecule has 0 radical (unpaired) electrons. The number of ether oxygens (including phenoxy) is 3. The third-order valence-corrected chi connectivity index (χ3v) is 3.62. The molecule has 0 fully saturated rings. The minimum absolute atomic E-state index is 0.0532. The van der Waals surface area contributed by atoms with Gasteiger partial charge in [0.2, 0.25) is 0 Å². The second-order valence-electron chi connectivity index (χ2n) is 6.18. The molecular weight excluding hydrogens is 378 g/mol. The van der Waals surface area contributed by atoms with Crippen LogP contribution in [0.4, 0.5) is 0 Å². The zero-order valence-electron chi connectivity index (χ0n) is 16.4. The van der Waals surface area contributed by atoms with Crippen LogP contribution in [0.2, 0.25) is 0 Å². The lowest BCUT2D eigenvalue weighted by Gasteiger charge is -2.14. The highest BCUT2D eigenvalue weighted by Crippen LogP contribution is 2.28. The molecule has 0 atom stereocenters. The maximum atomic E-state index is 12.2. The molecule has 0 bridgehead atoms. The fourth-order valence-corrected chi connectivity index (χ4v) is 2.33. The summed E-state index contributed by atoms with van der Waals surface area (Å²) in [4.78, 5) is 35.5. The van der Waals surface area contributed by atoms with Crippen molar-refractivity contribution in [1.29, 1.82) is 0 Å². The third-order valence-electron chi connectivity index (χ3n) is 3.62. The Kier molecular flexibility index (Phi) is 7.41. The lowest BCUT2D eigenvalue weighted by Crippen LogP contribution is -2.43. The minimum atomic E-state index is -0.673. The average molecular weight is 401 g/mol. The average Bonchev–Trinajstić information content (AvgIpc) is 2.70. The SMILES string of the molecule is COc1cc(C(=O)NNC(=O)COc2ccccc2C(N)=O)ccc1OC(C)C. The van der Waals surface area contributed by atoms with Crippen molar-refractivity contribution in [3.63, 3.8) is 0 Å². The number of nitrogens with two attached hydrogens (primary N) is 1. The molecule has 0 heterocycles. The number of hydrazine groups is 1. The van der Waals surface area contributed by atoms with Crippen molar-refractivity contribution in [1.82, 2.24) is 10.9 Å². The predicted molar refractivity (Wildman–Crippen MR) is 105 cm³/mol. The van der Waals surface area contributed by atoms with Crippen LogP contribution in [0.15, 0.2) is 42.5 Å². The van der Waals surface area contributed by atoms with Gasteiger partial charge in [-0.25, -0.2) is 0 Å². The van der Waals surface area contributed by atoms with Crippen molar-refractivity contribution in [2.24, 2.45) is 5.73 Å². The molecule has 0 unspecified atom stereocenters. The molecule has 0 saturated heterocycles. The van der Waals surface area contributed by atoms with Crippen LogP contribution in [0.5, 0.6) is 17.2 Å². The fourth-order valence-electron chi connectivity index (χ4n) is 2.33. The summed E-state index contributed by atoms with van der Waals surface area (Å²) in [6.45, 7) is 3.33. The number of hydrogen-bond acceptors (Lipinski definition) is 6. The van der Waals surface area contributed by atoms with Gasteiger partial charge in [0.15, 0.2) is 18.1 Å². The first-order valence-corrected chi connectivity index (χ1v) is 8.77. The van der Waals surface area contributed by atoms with Crippen LogP contribution >= 0.6 is 0 Å². The zero-order chi connectivity index (χ0) is 21.4. The molecule has 154 valence electrons. The van der Waals surface area contributed by atoms with Gasteiger partial charge in [0.25, 0.3) is 17.7 Å². The number of amides is 3. The van der Waals surface area contributed by atoms with Crippen molar-refractivity contribution in [3.8, 4) is 17.2 Å². The first-order chi connectivity index (χ1) is 13.8. The van der Waals surface area contributed by atoms with Crippen LogP contribution in [0.25, 0.3) is 0 Å². The van der Waals surface area contributed by atoms with E-state index in [1.54, 1.807) is 24.3 Å². The van der Waals surface area contributed by atoms with Crippen LogP contribution in [0.3, 0.4) is 0 Å². The summed E-state index contributed by atoms with van der Waals surface area (Å²) >= 11 is 0. The molecule has 2 aromatic rings. The van der Waals surface area contributed by atoms with E-state index in [9.17, 15) is 14.4 Å². The number of carbonyl (C=O) groups excluding carboxylic acids is 3. The Hall–Kier alpha value is -3.75. The molecule has 0 aliphatic carbocycles. The van der Waals surface area contributed by atoms with E-state index in [4.69, 9.17) is 19.9 Å². The van der Waals surface area contributed by atoms with E-state index in [2.05, 4.69) is 10.9 Å². The smallest absolute Gasteiger partial charge is 0.276 e. The highest BCUT2D eigenvalue weighted by molar-refractivity contribution is 5.96. The van der Waals surface area contributed by atoms with Crippen LogP contribution in [-0.4, -0.2) is 37.5 Å². The molecule has 0 aromatic heterocycles. The van der Waals surface area contributed by atoms with Gasteiger partial charge >= 0.3 is 0 Å². The lowest BCUT2D eigenvalue weighted by atomic mass is 10.2.